The molecule has 1 aromatic carbocycles. The lowest BCUT2D eigenvalue weighted by Crippen LogP contribution is -2.54. The van der Waals surface area contributed by atoms with E-state index in [0.717, 1.165) is 43.1 Å². The van der Waals surface area contributed by atoms with Gasteiger partial charge in [-0.25, -0.2) is 0 Å². The molecule has 110 valence electrons. The Hall–Kier alpha value is -0.580. The molecule has 0 aromatic heterocycles. The molecular formula is C15H20BrClN2O. The number of nitrogens with zero attached hydrogens (tertiary/aromatic N) is 1. The molecule has 0 atom stereocenters. The molecule has 1 aliphatic carbocycles. The average molecular weight is 360 g/mol. The van der Waals surface area contributed by atoms with E-state index < -0.39 is 5.54 Å². The van der Waals surface area contributed by atoms with E-state index in [1.807, 2.05) is 11.0 Å². The van der Waals surface area contributed by atoms with Gasteiger partial charge in [0.05, 0.1) is 5.54 Å². The minimum atomic E-state index is -0.594. The topological polar surface area (TPSA) is 46.3 Å². The largest absolute Gasteiger partial charge is 0.336 e. The molecule has 3 rings (SSSR count). The summed E-state index contributed by atoms with van der Waals surface area (Å²) in [5, 5.41) is 0. The van der Waals surface area contributed by atoms with Crippen molar-refractivity contribution in [3.63, 3.8) is 0 Å². The third-order valence-electron chi connectivity index (χ3n) is 4.42. The third-order valence-corrected chi connectivity index (χ3v) is 5.16. The smallest absolute Gasteiger partial charge is 0.242 e. The molecule has 20 heavy (non-hydrogen) atoms. The Labute approximate surface area is 134 Å². The molecule has 0 radical (unpaired) electrons. The third kappa shape index (κ3) is 2.74. The van der Waals surface area contributed by atoms with E-state index >= 15 is 0 Å². The van der Waals surface area contributed by atoms with Crippen molar-refractivity contribution in [3.05, 3.63) is 33.8 Å². The number of benzene rings is 1. The summed E-state index contributed by atoms with van der Waals surface area (Å²) in [6.07, 6.45) is 4.76. The Morgan fingerprint density at radius 1 is 1.30 bits per heavy atom. The number of nitrogens with two attached hydrogens (primary N) is 1. The van der Waals surface area contributed by atoms with Crippen molar-refractivity contribution in [2.75, 3.05) is 6.54 Å². The molecule has 1 amide bonds. The Morgan fingerprint density at radius 3 is 2.70 bits per heavy atom. The van der Waals surface area contributed by atoms with Crippen molar-refractivity contribution in [2.24, 2.45) is 5.73 Å². The van der Waals surface area contributed by atoms with Gasteiger partial charge in [0.25, 0.3) is 0 Å². The maximum atomic E-state index is 12.6. The molecular weight excluding hydrogens is 340 g/mol. The second-order valence-corrected chi connectivity index (χ2v) is 6.57. The van der Waals surface area contributed by atoms with Crippen LogP contribution in [0.2, 0.25) is 0 Å². The maximum absolute atomic E-state index is 12.6. The highest BCUT2D eigenvalue weighted by Gasteiger charge is 2.40. The van der Waals surface area contributed by atoms with Crippen LogP contribution >= 0.6 is 28.3 Å². The van der Waals surface area contributed by atoms with Crippen molar-refractivity contribution in [3.8, 4) is 0 Å². The average Bonchev–Trinajstić information content (AvgIpc) is 2.86. The van der Waals surface area contributed by atoms with E-state index in [9.17, 15) is 4.79 Å². The van der Waals surface area contributed by atoms with Gasteiger partial charge in [-0.3, -0.25) is 4.79 Å². The van der Waals surface area contributed by atoms with Crippen LogP contribution in [0.5, 0.6) is 0 Å². The Morgan fingerprint density at radius 2 is 2.00 bits per heavy atom. The van der Waals surface area contributed by atoms with Crippen LogP contribution in [0.1, 0.15) is 36.8 Å². The molecule has 2 N–H and O–H groups in total. The molecule has 1 fully saturated rings. The lowest BCUT2D eigenvalue weighted by atomic mass is 9.94. The van der Waals surface area contributed by atoms with E-state index in [1.54, 1.807) is 0 Å². The van der Waals surface area contributed by atoms with Crippen LogP contribution < -0.4 is 5.73 Å². The van der Waals surface area contributed by atoms with E-state index in [-0.39, 0.29) is 18.3 Å². The van der Waals surface area contributed by atoms with Gasteiger partial charge in [-0.2, -0.15) is 0 Å². The summed E-state index contributed by atoms with van der Waals surface area (Å²) in [4.78, 5) is 14.6. The molecule has 2 aliphatic rings. The Balaban J connectivity index is 0.00000147. The minimum Gasteiger partial charge on any atom is -0.336 e. The molecule has 0 unspecified atom stereocenters. The Bertz CT molecular complexity index is 515. The zero-order valence-electron chi connectivity index (χ0n) is 11.4. The quantitative estimate of drug-likeness (QED) is 0.838. The van der Waals surface area contributed by atoms with Crippen LogP contribution in [0, 0.1) is 0 Å². The first kappa shape index (κ1) is 15.8. The maximum Gasteiger partial charge on any atom is 0.242 e. The van der Waals surface area contributed by atoms with Crippen LogP contribution in [0.15, 0.2) is 22.7 Å². The van der Waals surface area contributed by atoms with Crippen LogP contribution in [0.4, 0.5) is 0 Å². The fourth-order valence-electron chi connectivity index (χ4n) is 3.27. The number of hydrogen-bond donors (Lipinski definition) is 1. The van der Waals surface area contributed by atoms with Crippen molar-refractivity contribution in [1.29, 1.82) is 0 Å². The molecule has 0 spiro atoms. The number of amides is 1. The van der Waals surface area contributed by atoms with Gasteiger partial charge in [-0.1, -0.05) is 40.9 Å². The van der Waals surface area contributed by atoms with E-state index in [2.05, 4.69) is 28.1 Å². The molecule has 1 aromatic rings. The van der Waals surface area contributed by atoms with Crippen LogP contribution in [0.3, 0.4) is 0 Å². The summed E-state index contributed by atoms with van der Waals surface area (Å²) in [7, 11) is 0. The summed E-state index contributed by atoms with van der Waals surface area (Å²) >= 11 is 3.59. The van der Waals surface area contributed by atoms with E-state index in [4.69, 9.17) is 5.73 Å². The molecule has 1 saturated carbocycles. The van der Waals surface area contributed by atoms with Crippen LogP contribution in [-0.2, 0) is 17.8 Å². The normalized spacial score (nSPS) is 20.2. The second kappa shape index (κ2) is 6.04. The van der Waals surface area contributed by atoms with Crippen LogP contribution in [0.25, 0.3) is 0 Å². The standard InChI is InChI=1S/C15H19BrN2O.ClH/c16-13-5-3-4-11-10-18(9-6-12(11)13)14(19)15(17)7-1-2-8-15;/h3-5H,1-2,6-10,17H2;1H. The number of carbonyl (C=O) groups excluding carboxylic acids is 1. The SMILES string of the molecule is Cl.NC1(C(=O)N2CCc3c(Br)cccc3C2)CCCC1. The van der Waals surface area contributed by atoms with Crippen molar-refractivity contribution in [1.82, 2.24) is 4.90 Å². The summed E-state index contributed by atoms with van der Waals surface area (Å²) in [6.45, 7) is 1.49. The van der Waals surface area contributed by atoms with Gasteiger partial charge >= 0.3 is 0 Å². The minimum absolute atomic E-state index is 0. The van der Waals surface area contributed by atoms with E-state index in [1.165, 1.54) is 11.1 Å². The number of carbonyl (C=O) groups is 1. The van der Waals surface area contributed by atoms with Gasteiger partial charge < -0.3 is 10.6 Å². The molecule has 0 bridgehead atoms. The molecule has 5 heteroatoms. The number of rotatable bonds is 1. The van der Waals surface area contributed by atoms with Gasteiger partial charge in [0, 0.05) is 17.6 Å². The van der Waals surface area contributed by atoms with Gasteiger partial charge in [0.1, 0.15) is 0 Å². The number of hydrogen-bond acceptors (Lipinski definition) is 2. The highest BCUT2D eigenvalue weighted by Crippen LogP contribution is 2.32. The van der Waals surface area contributed by atoms with Crippen LogP contribution in [-0.4, -0.2) is 22.9 Å². The number of fused-ring (bicyclic) bond motifs is 1. The Kier molecular flexibility index (Phi) is 4.77. The summed E-state index contributed by atoms with van der Waals surface area (Å²) in [5.74, 6) is 0.149. The fourth-order valence-corrected chi connectivity index (χ4v) is 3.88. The monoisotopic (exact) mass is 358 g/mol. The van der Waals surface area contributed by atoms with E-state index in [0.29, 0.717) is 6.54 Å². The van der Waals surface area contributed by atoms with Gasteiger partial charge in [0.15, 0.2) is 0 Å². The highest BCUT2D eigenvalue weighted by atomic mass is 79.9. The van der Waals surface area contributed by atoms with Gasteiger partial charge in [-0.15, -0.1) is 12.4 Å². The van der Waals surface area contributed by atoms with Crippen molar-refractivity contribution < 1.29 is 4.79 Å². The van der Waals surface area contributed by atoms with Crippen molar-refractivity contribution >= 4 is 34.2 Å². The summed E-state index contributed by atoms with van der Waals surface area (Å²) < 4.78 is 1.15. The van der Waals surface area contributed by atoms with Gasteiger partial charge in [0.2, 0.25) is 5.91 Å². The van der Waals surface area contributed by atoms with Crippen molar-refractivity contribution in [2.45, 2.75) is 44.2 Å². The molecule has 1 heterocycles. The lowest BCUT2D eigenvalue weighted by molar-refractivity contribution is -0.137. The number of halogens is 2. The molecule has 3 nitrogen and oxygen atoms in total. The second-order valence-electron chi connectivity index (χ2n) is 5.72. The first-order chi connectivity index (χ1) is 9.10. The zero-order valence-corrected chi connectivity index (χ0v) is 13.8. The lowest BCUT2D eigenvalue weighted by Gasteiger charge is -2.35. The predicted octanol–water partition coefficient (Wildman–Crippen LogP) is 3.03. The zero-order chi connectivity index (χ0) is 13.5. The first-order valence-electron chi connectivity index (χ1n) is 6.95. The summed E-state index contributed by atoms with van der Waals surface area (Å²) in [5.41, 5.74) is 8.27. The highest BCUT2D eigenvalue weighted by molar-refractivity contribution is 9.10. The fraction of sp³-hybridized carbons (Fsp3) is 0.533. The molecule has 1 aliphatic heterocycles. The molecule has 0 saturated heterocycles. The summed E-state index contributed by atoms with van der Waals surface area (Å²) in [6, 6.07) is 6.21. The predicted molar refractivity (Wildman–Crippen MR) is 85.9 cm³/mol. The van der Waals surface area contributed by atoms with Gasteiger partial charge in [-0.05, 0) is 36.5 Å². The first-order valence-corrected chi connectivity index (χ1v) is 7.74.